The third kappa shape index (κ3) is 3.27. The summed E-state index contributed by atoms with van der Waals surface area (Å²) in [4.78, 5) is 12.1. The molecule has 2 aromatic carbocycles. The number of rotatable bonds is 4. The number of hydrogen-bond donors (Lipinski definition) is 2. The van der Waals surface area contributed by atoms with Crippen LogP contribution in [0.4, 0.5) is 0 Å². The lowest BCUT2D eigenvalue weighted by Gasteiger charge is -2.13. The number of nitrogens with one attached hydrogen (secondary N) is 1. The number of aliphatic hydroxyl groups excluding tert-OH is 1. The van der Waals surface area contributed by atoms with Gasteiger partial charge in [-0.05, 0) is 42.3 Å². The lowest BCUT2D eigenvalue weighted by molar-refractivity contribution is 0.0915. The fourth-order valence-corrected chi connectivity index (χ4v) is 2.67. The number of carbonyl (C=O) groups is 1. The van der Waals surface area contributed by atoms with Crippen LogP contribution in [0, 0.1) is 13.8 Å². The Hall–Kier alpha value is -2.59. The zero-order chi connectivity index (χ0) is 16.4. The van der Waals surface area contributed by atoms with Gasteiger partial charge < -0.3 is 14.8 Å². The van der Waals surface area contributed by atoms with E-state index in [4.69, 9.17) is 4.42 Å². The summed E-state index contributed by atoms with van der Waals surface area (Å²) in [6, 6.07) is 15.5. The average Bonchev–Trinajstić information content (AvgIpc) is 2.90. The molecule has 1 atom stereocenters. The largest absolute Gasteiger partial charge is 0.466 e. The highest BCUT2D eigenvalue weighted by Gasteiger charge is 2.15. The summed E-state index contributed by atoms with van der Waals surface area (Å²) in [6.07, 6.45) is -0.753. The van der Waals surface area contributed by atoms with E-state index in [9.17, 15) is 9.90 Å². The second-order valence-electron chi connectivity index (χ2n) is 5.66. The Morgan fingerprint density at radius 1 is 1.13 bits per heavy atom. The molecule has 4 nitrogen and oxygen atoms in total. The monoisotopic (exact) mass is 309 g/mol. The molecule has 0 aliphatic rings. The predicted octanol–water partition coefficient (Wildman–Crippen LogP) is 3.51. The minimum Gasteiger partial charge on any atom is -0.466 e. The summed E-state index contributed by atoms with van der Waals surface area (Å²) in [7, 11) is 0. The topological polar surface area (TPSA) is 62.5 Å². The molecule has 0 saturated heterocycles. The van der Waals surface area contributed by atoms with E-state index in [1.165, 1.54) is 0 Å². The minimum absolute atomic E-state index is 0.154. The van der Waals surface area contributed by atoms with E-state index in [1.807, 2.05) is 42.5 Å². The Morgan fingerprint density at radius 2 is 1.87 bits per heavy atom. The van der Waals surface area contributed by atoms with E-state index in [-0.39, 0.29) is 12.5 Å². The van der Waals surface area contributed by atoms with Crippen LogP contribution in [0.5, 0.6) is 0 Å². The average molecular weight is 309 g/mol. The summed E-state index contributed by atoms with van der Waals surface area (Å²) in [5.74, 6) is 1.04. The molecule has 0 spiro atoms. The van der Waals surface area contributed by atoms with Gasteiger partial charge in [-0.15, -0.1) is 0 Å². The SMILES string of the molecule is Cc1cc(C(=O)NCC(O)c2ccc3ccccc3c2)c(C)o1. The van der Waals surface area contributed by atoms with Gasteiger partial charge in [-0.3, -0.25) is 4.79 Å². The first-order valence-electron chi connectivity index (χ1n) is 7.56. The number of furan rings is 1. The Morgan fingerprint density at radius 3 is 2.57 bits per heavy atom. The molecule has 1 heterocycles. The van der Waals surface area contributed by atoms with Crippen LogP contribution in [0.15, 0.2) is 52.9 Å². The standard InChI is InChI=1S/C19H19NO3/c1-12-9-17(13(2)23-12)19(22)20-11-18(21)16-8-7-14-5-3-4-6-15(14)10-16/h3-10,18,21H,11H2,1-2H3,(H,20,22). The smallest absolute Gasteiger partial charge is 0.254 e. The summed E-state index contributed by atoms with van der Waals surface area (Å²) in [5, 5.41) is 15.3. The summed E-state index contributed by atoms with van der Waals surface area (Å²) in [5.41, 5.74) is 1.29. The molecule has 23 heavy (non-hydrogen) atoms. The minimum atomic E-state index is -0.753. The zero-order valence-corrected chi connectivity index (χ0v) is 13.2. The molecule has 4 heteroatoms. The van der Waals surface area contributed by atoms with Crippen molar-refractivity contribution < 1.29 is 14.3 Å². The maximum absolute atomic E-state index is 12.1. The molecule has 0 fully saturated rings. The van der Waals surface area contributed by atoms with E-state index in [0.29, 0.717) is 17.1 Å². The van der Waals surface area contributed by atoms with Gasteiger partial charge >= 0.3 is 0 Å². The fourth-order valence-electron chi connectivity index (χ4n) is 2.67. The summed E-state index contributed by atoms with van der Waals surface area (Å²) in [6.45, 7) is 3.70. The van der Waals surface area contributed by atoms with Gasteiger partial charge in [0, 0.05) is 6.54 Å². The predicted molar refractivity (Wildman–Crippen MR) is 89.4 cm³/mol. The molecule has 1 amide bonds. The quantitative estimate of drug-likeness (QED) is 0.775. The van der Waals surface area contributed by atoms with Crippen LogP contribution in [-0.4, -0.2) is 17.6 Å². The number of amides is 1. The lowest BCUT2D eigenvalue weighted by atomic mass is 10.0. The molecule has 3 rings (SSSR count). The molecule has 3 aromatic rings. The Labute approximate surface area is 134 Å². The van der Waals surface area contributed by atoms with Crippen LogP contribution in [0.2, 0.25) is 0 Å². The van der Waals surface area contributed by atoms with Gasteiger partial charge in [0.2, 0.25) is 0 Å². The maximum atomic E-state index is 12.1. The van der Waals surface area contributed by atoms with Crippen molar-refractivity contribution in [2.45, 2.75) is 20.0 Å². The molecule has 0 aliphatic carbocycles. The highest BCUT2D eigenvalue weighted by Crippen LogP contribution is 2.20. The van der Waals surface area contributed by atoms with Crippen molar-refractivity contribution in [1.82, 2.24) is 5.32 Å². The van der Waals surface area contributed by atoms with Gasteiger partial charge in [-0.2, -0.15) is 0 Å². The van der Waals surface area contributed by atoms with Crippen LogP contribution in [0.25, 0.3) is 10.8 Å². The van der Waals surface area contributed by atoms with Gasteiger partial charge in [0.15, 0.2) is 0 Å². The third-order valence-electron chi connectivity index (χ3n) is 3.90. The van der Waals surface area contributed by atoms with Gasteiger partial charge in [0.05, 0.1) is 11.7 Å². The van der Waals surface area contributed by atoms with Crippen molar-refractivity contribution in [3.05, 3.63) is 71.2 Å². The molecule has 0 saturated carbocycles. The van der Waals surface area contributed by atoms with Crippen LogP contribution >= 0.6 is 0 Å². The van der Waals surface area contributed by atoms with Gasteiger partial charge in [-0.1, -0.05) is 36.4 Å². The molecule has 0 aliphatic heterocycles. The Balaban J connectivity index is 1.69. The maximum Gasteiger partial charge on any atom is 0.254 e. The lowest BCUT2D eigenvalue weighted by Crippen LogP contribution is -2.28. The second-order valence-corrected chi connectivity index (χ2v) is 5.66. The van der Waals surface area contributed by atoms with Crippen LogP contribution in [0.3, 0.4) is 0 Å². The van der Waals surface area contributed by atoms with Crippen molar-refractivity contribution in [3.63, 3.8) is 0 Å². The van der Waals surface area contributed by atoms with Crippen LogP contribution in [0.1, 0.15) is 33.5 Å². The van der Waals surface area contributed by atoms with Crippen LogP contribution in [-0.2, 0) is 0 Å². The van der Waals surface area contributed by atoms with Crippen molar-refractivity contribution in [1.29, 1.82) is 0 Å². The molecular weight excluding hydrogens is 290 g/mol. The molecule has 0 bridgehead atoms. The number of aliphatic hydroxyl groups is 1. The molecule has 0 radical (unpaired) electrons. The number of benzene rings is 2. The van der Waals surface area contributed by atoms with E-state index in [0.717, 1.165) is 16.3 Å². The molecule has 118 valence electrons. The third-order valence-corrected chi connectivity index (χ3v) is 3.90. The first-order chi connectivity index (χ1) is 11.0. The fraction of sp³-hybridized carbons (Fsp3) is 0.211. The first-order valence-corrected chi connectivity index (χ1v) is 7.56. The van der Waals surface area contributed by atoms with Gasteiger partial charge in [-0.25, -0.2) is 0 Å². The highest BCUT2D eigenvalue weighted by atomic mass is 16.3. The van der Waals surface area contributed by atoms with E-state index < -0.39 is 6.10 Å². The molecule has 2 N–H and O–H groups in total. The molecule has 1 aromatic heterocycles. The molecular formula is C19H19NO3. The first kappa shape index (κ1) is 15.3. The number of aryl methyl sites for hydroxylation is 2. The molecule has 1 unspecified atom stereocenters. The summed E-state index contributed by atoms with van der Waals surface area (Å²) >= 11 is 0. The van der Waals surface area contributed by atoms with Crippen molar-refractivity contribution in [3.8, 4) is 0 Å². The van der Waals surface area contributed by atoms with E-state index in [1.54, 1.807) is 19.9 Å². The Kier molecular flexibility index (Phi) is 4.17. The number of fused-ring (bicyclic) bond motifs is 1. The van der Waals surface area contributed by atoms with Crippen molar-refractivity contribution in [2.75, 3.05) is 6.54 Å². The van der Waals surface area contributed by atoms with Gasteiger partial charge in [0.25, 0.3) is 5.91 Å². The van der Waals surface area contributed by atoms with E-state index >= 15 is 0 Å². The number of hydrogen-bond acceptors (Lipinski definition) is 3. The van der Waals surface area contributed by atoms with Crippen molar-refractivity contribution in [2.24, 2.45) is 0 Å². The normalized spacial score (nSPS) is 12.3. The van der Waals surface area contributed by atoms with Crippen molar-refractivity contribution >= 4 is 16.7 Å². The van der Waals surface area contributed by atoms with Gasteiger partial charge in [0.1, 0.15) is 11.5 Å². The second kappa shape index (κ2) is 6.26. The number of carbonyl (C=O) groups excluding carboxylic acids is 1. The highest BCUT2D eigenvalue weighted by molar-refractivity contribution is 5.95. The van der Waals surface area contributed by atoms with Crippen LogP contribution < -0.4 is 5.32 Å². The van der Waals surface area contributed by atoms with E-state index in [2.05, 4.69) is 5.32 Å². The zero-order valence-electron chi connectivity index (χ0n) is 13.2. The Bertz CT molecular complexity index is 851. The summed E-state index contributed by atoms with van der Waals surface area (Å²) < 4.78 is 5.35.